The minimum atomic E-state index is -0.553. The average Bonchev–Trinajstić information content (AvgIpc) is 2.18. The number of carbonyl (C=O) groups is 1. The molecule has 82 valence electrons. The Labute approximate surface area is 86.6 Å². The van der Waals surface area contributed by atoms with Gasteiger partial charge in [-0.25, -0.2) is 4.79 Å². The van der Waals surface area contributed by atoms with Gasteiger partial charge in [0.2, 0.25) is 0 Å². The lowest BCUT2D eigenvalue weighted by Crippen LogP contribution is -2.04. The number of non-ortho nitro benzene ring substituents is 1. The average molecular weight is 212 g/mol. The van der Waals surface area contributed by atoms with Crippen molar-refractivity contribution in [2.75, 3.05) is 6.61 Å². The number of nitro groups is 1. The molecule has 1 aromatic carbocycles. The Morgan fingerprint density at radius 1 is 1.53 bits per heavy atom. The molecule has 0 radical (unpaired) electrons. The van der Waals surface area contributed by atoms with Crippen LogP contribution in [0.5, 0.6) is 0 Å². The summed E-state index contributed by atoms with van der Waals surface area (Å²) in [6.07, 6.45) is 0. The largest absolute Gasteiger partial charge is 0.462 e. The molecule has 1 aromatic rings. The number of ether oxygens (including phenoxy) is 1. The van der Waals surface area contributed by atoms with E-state index in [4.69, 9.17) is 4.74 Å². The smallest absolute Gasteiger partial charge is 0.338 e. The number of benzene rings is 1. The topological polar surface area (TPSA) is 104 Å². The molecule has 1 rings (SSSR count). The van der Waals surface area contributed by atoms with E-state index >= 15 is 0 Å². The SMILES string of the molecule is CCOC(=O)c1cccc([N+](=O)[O-])c1.N. The molecule has 0 unspecified atom stereocenters. The fourth-order valence-corrected chi connectivity index (χ4v) is 0.961. The quantitative estimate of drug-likeness (QED) is 0.468. The van der Waals surface area contributed by atoms with Gasteiger partial charge in [0.15, 0.2) is 0 Å². The zero-order valence-electron chi connectivity index (χ0n) is 8.30. The molecule has 0 bridgehead atoms. The first-order valence-corrected chi connectivity index (χ1v) is 4.06. The molecule has 0 atom stereocenters. The fraction of sp³-hybridized carbons (Fsp3) is 0.222. The summed E-state index contributed by atoms with van der Waals surface area (Å²) in [7, 11) is 0. The van der Waals surface area contributed by atoms with Crippen molar-refractivity contribution in [2.24, 2.45) is 0 Å². The van der Waals surface area contributed by atoms with Gasteiger partial charge >= 0.3 is 5.97 Å². The summed E-state index contributed by atoms with van der Waals surface area (Å²) in [5.74, 6) is -0.545. The lowest BCUT2D eigenvalue weighted by Gasteiger charge is -2.00. The highest BCUT2D eigenvalue weighted by Gasteiger charge is 2.11. The van der Waals surface area contributed by atoms with Gasteiger partial charge in [-0.15, -0.1) is 0 Å². The Hall–Kier alpha value is -1.95. The monoisotopic (exact) mass is 212 g/mol. The van der Waals surface area contributed by atoms with E-state index in [0.29, 0.717) is 0 Å². The third kappa shape index (κ3) is 3.35. The molecular weight excluding hydrogens is 200 g/mol. The summed E-state index contributed by atoms with van der Waals surface area (Å²) in [5, 5.41) is 10.4. The van der Waals surface area contributed by atoms with Crippen molar-refractivity contribution in [3.8, 4) is 0 Å². The van der Waals surface area contributed by atoms with Gasteiger partial charge < -0.3 is 10.9 Å². The number of carbonyl (C=O) groups excluding carboxylic acids is 1. The van der Waals surface area contributed by atoms with Crippen molar-refractivity contribution in [3.05, 3.63) is 39.9 Å². The molecule has 15 heavy (non-hydrogen) atoms. The first kappa shape index (κ1) is 13.1. The van der Waals surface area contributed by atoms with Gasteiger partial charge in [-0.2, -0.15) is 0 Å². The highest BCUT2D eigenvalue weighted by Crippen LogP contribution is 2.13. The predicted molar refractivity (Wildman–Crippen MR) is 54.1 cm³/mol. The van der Waals surface area contributed by atoms with E-state index < -0.39 is 10.9 Å². The van der Waals surface area contributed by atoms with Crippen LogP contribution in [0.25, 0.3) is 0 Å². The minimum Gasteiger partial charge on any atom is -0.462 e. The van der Waals surface area contributed by atoms with Gasteiger partial charge in [-0.05, 0) is 13.0 Å². The van der Waals surface area contributed by atoms with E-state index in [0.717, 1.165) is 0 Å². The Kier molecular flexibility index (Phi) is 4.97. The van der Waals surface area contributed by atoms with Crippen molar-refractivity contribution in [2.45, 2.75) is 6.92 Å². The third-order valence-corrected chi connectivity index (χ3v) is 1.57. The Morgan fingerprint density at radius 2 is 2.20 bits per heavy atom. The third-order valence-electron chi connectivity index (χ3n) is 1.57. The van der Waals surface area contributed by atoms with Crippen LogP contribution in [-0.4, -0.2) is 17.5 Å². The van der Waals surface area contributed by atoms with Crippen LogP contribution in [0.2, 0.25) is 0 Å². The Balaban J connectivity index is 0.00000196. The fourth-order valence-electron chi connectivity index (χ4n) is 0.961. The highest BCUT2D eigenvalue weighted by molar-refractivity contribution is 5.90. The number of rotatable bonds is 3. The molecule has 0 aliphatic heterocycles. The van der Waals surface area contributed by atoms with Gasteiger partial charge in [0.25, 0.3) is 5.69 Å². The van der Waals surface area contributed by atoms with E-state index in [1.807, 2.05) is 0 Å². The van der Waals surface area contributed by atoms with Crippen LogP contribution < -0.4 is 6.15 Å². The summed E-state index contributed by atoms with van der Waals surface area (Å²) in [6, 6.07) is 5.44. The predicted octanol–water partition coefficient (Wildman–Crippen LogP) is 1.93. The Bertz CT molecular complexity index is 365. The number of nitrogens with zero attached hydrogens (tertiary/aromatic N) is 1. The van der Waals surface area contributed by atoms with Crippen LogP contribution in [0.1, 0.15) is 17.3 Å². The molecule has 0 saturated heterocycles. The van der Waals surface area contributed by atoms with Crippen LogP contribution >= 0.6 is 0 Å². The zero-order chi connectivity index (χ0) is 10.6. The first-order chi connectivity index (χ1) is 6.65. The normalized spacial score (nSPS) is 8.87. The lowest BCUT2D eigenvalue weighted by atomic mass is 10.2. The molecule has 0 aromatic heterocycles. The van der Waals surface area contributed by atoms with E-state index in [1.54, 1.807) is 6.92 Å². The van der Waals surface area contributed by atoms with Crippen LogP contribution in [0.15, 0.2) is 24.3 Å². The summed E-state index contributed by atoms with van der Waals surface area (Å²) in [5.41, 5.74) is 0.0802. The molecular formula is C9H12N2O4. The summed E-state index contributed by atoms with van der Waals surface area (Å²) in [4.78, 5) is 21.0. The molecule has 0 aliphatic carbocycles. The van der Waals surface area contributed by atoms with E-state index in [1.165, 1.54) is 24.3 Å². The van der Waals surface area contributed by atoms with E-state index in [-0.39, 0.29) is 24.0 Å². The summed E-state index contributed by atoms with van der Waals surface area (Å²) < 4.78 is 4.70. The van der Waals surface area contributed by atoms with Crippen molar-refractivity contribution >= 4 is 11.7 Å². The van der Waals surface area contributed by atoms with Gasteiger partial charge in [-0.3, -0.25) is 10.1 Å². The second kappa shape index (κ2) is 5.71. The molecule has 0 heterocycles. The standard InChI is InChI=1S/C9H9NO4.H3N/c1-2-14-9(11)7-4-3-5-8(6-7)10(12)13;/h3-6H,2H2,1H3;1H3. The first-order valence-electron chi connectivity index (χ1n) is 4.06. The van der Waals surface area contributed by atoms with Crippen molar-refractivity contribution in [1.29, 1.82) is 0 Å². The second-order valence-corrected chi connectivity index (χ2v) is 2.53. The molecule has 3 N–H and O–H groups in total. The summed E-state index contributed by atoms with van der Waals surface area (Å²) >= 11 is 0. The maximum absolute atomic E-state index is 11.2. The molecule has 6 heteroatoms. The number of nitro benzene ring substituents is 1. The maximum Gasteiger partial charge on any atom is 0.338 e. The zero-order valence-corrected chi connectivity index (χ0v) is 8.30. The number of hydrogen-bond donors (Lipinski definition) is 1. The number of esters is 1. The van der Waals surface area contributed by atoms with Gasteiger partial charge in [0, 0.05) is 12.1 Å². The van der Waals surface area contributed by atoms with E-state index in [9.17, 15) is 14.9 Å². The maximum atomic E-state index is 11.2. The molecule has 6 nitrogen and oxygen atoms in total. The van der Waals surface area contributed by atoms with Gasteiger partial charge in [0.1, 0.15) is 0 Å². The van der Waals surface area contributed by atoms with Crippen LogP contribution in [0.3, 0.4) is 0 Å². The van der Waals surface area contributed by atoms with Gasteiger partial charge in [0.05, 0.1) is 17.1 Å². The van der Waals surface area contributed by atoms with Crippen LogP contribution in [0, 0.1) is 10.1 Å². The van der Waals surface area contributed by atoms with Crippen molar-refractivity contribution < 1.29 is 14.5 Å². The number of hydrogen-bond acceptors (Lipinski definition) is 5. The van der Waals surface area contributed by atoms with Crippen LogP contribution in [-0.2, 0) is 4.74 Å². The molecule has 0 spiro atoms. The molecule has 0 saturated carbocycles. The molecule has 0 fully saturated rings. The summed E-state index contributed by atoms with van der Waals surface area (Å²) in [6.45, 7) is 1.93. The van der Waals surface area contributed by atoms with Crippen molar-refractivity contribution in [3.63, 3.8) is 0 Å². The molecule has 0 amide bonds. The van der Waals surface area contributed by atoms with Crippen LogP contribution in [0.4, 0.5) is 5.69 Å². The van der Waals surface area contributed by atoms with E-state index in [2.05, 4.69) is 0 Å². The van der Waals surface area contributed by atoms with Gasteiger partial charge in [-0.1, -0.05) is 6.07 Å². The molecule has 0 aliphatic rings. The minimum absolute atomic E-state index is 0. The van der Waals surface area contributed by atoms with Crippen molar-refractivity contribution in [1.82, 2.24) is 6.15 Å². The highest BCUT2D eigenvalue weighted by atomic mass is 16.6. The lowest BCUT2D eigenvalue weighted by molar-refractivity contribution is -0.384. The second-order valence-electron chi connectivity index (χ2n) is 2.53. The Morgan fingerprint density at radius 3 is 2.73 bits per heavy atom.